The molecule has 0 aliphatic carbocycles. The SMILES string of the molecule is CC[C@@H](C)NC(=O)CSc1nc2ccccc2c(=O)n1[C@@H](C)c1ccccc1. The Morgan fingerprint density at radius 3 is 2.50 bits per heavy atom. The standard InChI is InChI=1S/C22H25N3O2S/c1-4-15(2)23-20(26)14-28-22-24-19-13-9-8-12-18(19)21(27)25(22)16(3)17-10-6-5-7-11-17/h5-13,15-16H,4,14H2,1-3H3,(H,23,26)/t15-,16+/m1/s1. The summed E-state index contributed by atoms with van der Waals surface area (Å²) in [5.74, 6) is 0.164. The minimum absolute atomic E-state index is 0.0549. The van der Waals surface area contributed by atoms with Gasteiger partial charge in [-0.3, -0.25) is 14.2 Å². The predicted octanol–water partition coefficient (Wildman–Crippen LogP) is 4.01. The normalized spacial score (nSPS) is 13.2. The Bertz CT molecular complexity index is 1020. The molecule has 3 aromatic rings. The van der Waals surface area contributed by atoms with E-state index in [9.17, 15) is 9.59 Å². The maximum Gasteiger partial charge on any atom is 0.262 e. The van der Waals surface area contributed by atoms with Gasteiger partial charge in [-0.15, -0.1) is 0 Å². The van der Waals surface area contributed by atoms with E-state index in [-0.39, 0.29) is 29.3 Å². The minimum Gasteiger partial charge on any atom is -0.353 e. The van der Waals surface area contributed by atoms with Gasteiger partial charge in [-0.05, 0) is 38.0 Å². The van der Waals surface area contributed by atoms with Crippen LogP contribution in [0.1, 0.15) is 38.8 Å². The van der Waals surface area contributed by atoms with E-state index in [1.54, 1.807) is 10.6 Å². The van der Waals surface area contributed by atoms with Crippen LogP contribution in [0.4, 0.5) is 0 Å². The van der Waals surface area contributed by atoms with Crippen LogP contribution in [0.25, 0.3) is 10.9 Å². The van der Waals surface area contributed by atoms with Crippen molar-refractivity contribution < 1.29 is 4.79 Å². The van der Waals surface area contributed by atoms with Crippen molar-refractivity contribution >= 4 is 28.6 Å². The Labute approximate surface area is 169 Å². The van der Waals surface area contributed by atoms with Crippen LogP contribution in [-0.4, -0.2) is 27.3 Å². The summed E-state index contributed by atoms with van der Waals surface area (Å²) in [6.45, 7) is 5.99. The Morgan fingerprint density at radius 2 is 1.79 bits per heavy atom. The zero-order chi connectivity index (χ0) is 20.1. The smallest absolute Gasteiger partial charge is 0.262 e. The molecule has 0 bridgehead atoms. The lowest BCUT2D eigenvalue weighted by molar-refractivity contribution is -0.119. The second-order valence-electron chi connectivity index (χ2n) is 6.84. The van der Waals surface area contributed by atoms with Crippen molar-refractivity contribution in [3.05, 3.63) is 70.5 Å². The van der Waals surface area contributed by atoms with Gasteiger partial charge in [0, 0.05) is 6.04 Å². The number of aromatic nitrogens is 2. The number of hydrogen-bond donors (Lipinski definition) is 1. The van der Waals surface area contributed by atoms with Gasteiger partial charge in [-0.1, -0.05) is 61.2 Å². The summed E-state index contributed by atoms with van der Waals surface area (Å²) >= 11 is 1.30. The molecule has 6 heteroatoms. The van der Waals surface area contributed by atoms with Crippen molar-refractivity contribution in [2.75, 3.05) is 5.75 Å². The number of carbonyl (C=O) groups is 1. The zero-order valence-corrected chi connectivity index (χ0v) is 17.2. The fraction of sp³-hybridized carbons (Fsp3) is 0.318. The van der Waals surface area contributed by atoms with Gasteiger partial charge in [0.05, 0.1) is 22.7 Å². The topological polar surface area (TPSA) is 64.0 Å². The third-order valence-electron chi connectivity index (χ3n) is 4.80. The van der Waals surface area contributed by atoms with E-state index in [0.717, 1.165) is 12.0 Å². The van der Waals surface area contributed by atoms with Gasteiger partial charge in [-0.2, -0.15) is 0 Å². The van der Waals surface area contributed by atoms with Gasteiger partial charge in [0.15, 0.2) is 5.16 Å². The predicted molar refractivity (Wildman–Crippen MR) is 115 cm³/mol. The maximum absolute atomic E-state index is 13.2. The number of nitrogens with one attached hydrogen (secondary N) is 1. The average Bonchev–Trinajstić information content (AvgIpc) is 2.72. The summed E-state index contributed by atoms with van der Waals surface area (Å²) in [6, 6.07) is 17.1. The average molecular weight is 396 g/mol. The lowest BCUT2D eigenvalue weighted by Crippen LogP contribution is -2.33. The number of fused-ring (bicyclic) bond motifs is 1. The summed E-state index contributed by atoms with van der Waals surface area (Å²) in [5, 5.41) is 4.09. The highest BCUT2D eigenvalue weighted by Gasteiger charge is 2.19. The van der Waals surface area contributed by atoms with Gasteiger partial charge >= 0.3 is 0 Å². The molecule has 2 aromatic carbocycles. The van der Waals surface area contributed by atoms with E-state index in [4.69, 9.17) is 4.98 Å². The van der Waals surface area contributed by atoms with Gasteiger partial charge in [0.2, 0.25) is 5.91 Å². The van der Waals surface area contributed by atoms with Crippen molar-refractivity contribution in [3.8, 4) is 0 Å². The van der Waals surface area contributed by atoms with E-state index in [1.807, 2.05) is 69.3 Å². The molecule has 0 saturated heterocycles. The Kier molecular flexibility index (Phi) is 6.52. The lowest BCUT2D eigenvalue weighted by atomic mass is 10.1. The largest absolute Gasteiger partial charge is 0.353 e. The minimum atomic E-state index is -0.189. The molecule has 0 spiro atoms. The van der Waals surface area contributed by atoms with Gasteiger partial charge in [0.1, 0.15) is 0 Å². The number of hydrogen-bond acceptors (Lipinski definition) is 4. The summed E-state index contributed by atoms with van der Waals surface area (Å²) in [4.78, 5) is 30.2. The molecule has 1 N–H and O–H groups in total. The summed E-state index contributed by atoms with van der Waals surface area (Å²) in [5.41, 5.74) is 1.58. The fourth-order valence-corrected chi connectivity index (χ4v) is 3.88. The molecule has 0 aliphatic heterocycles. The van der Waals surface area contributed by atoms with Crippen LogP contribution in [0.3, 0.4) is 0 Å². The molecule has 5 nitrogen and oxygen atoms in total. The van der Waals surface area contributed by atoms with E-state index < -0.39 is 0 Å². The van der Waals surface area contributed by atoms with Crippen molar-refractivity contribution in [2.24, 2.45) is 0 Å². The summed E-state index contributed by atoms with van der Waals surface area (Å²) in [7, 11) is 0. The van der Waals surface area contributed by atoms with Crippen LogP contribution in [0.15, 0.2) is 64.5 Å². The van der Waals surface area contributed by atoms with E-state index in [1.165, 1.54) is 11.8 Å². The first-order chi connectivity index (χ1) is 13.5. The first kappa shape index (κ1) is 20.1. The molecule has 3 rings (SSSR count). The fourth-order valence-electron chi connectivity index (χ4n) is 3.00. The van der Waals surface area contributed by atoms with E-state index >= 15 is 0 Å². The molecular weight excluding hydrogens is 370 g/mol. The molecular formula is C22H25N3O2S. The molecule has 1 amide bonds. The first-order valence-electron chi connectivity index (χ1n) is 9.49. The molecule has 1 heterocycles. The molecule has 0 radical (unpaired) electrons. The molecule has 0 fully saturated rings. The van der Waals surface area contributed by atoms with Crippen molar-refractivity contribution in [1.29, 1.82) is 0 Å². The van der Waals surface area contributed by atoms with Crippen LogP contribution < -0.4 is 10.9 Å². The Hall–Kier alpha value is -2.60. The van der Waals surface area contributed by atoms with Crippen LogP contribution in [0.5, 0.6) is 0 Å². The molecule has 0 saturated carbocycles. The highest BCUT2D eigenvalue weighted by molar-refractivity contribution is 7.99. The summed E-state index contributed by atoms with van der Waals surface area (Å²) in [6.07, 6.45) is 0.875. The lowest BCUT2D eigenvalue weighted by Gasteiger charge is -2.20. The van der Waals surface area contributed by atoms with Gasteiger partial charge < -0.3 is 5.32 Å². The highest BCUT2D eigenvalue weighted by Crippen LogP contribution is 2.24. The molecule has 28 heavy (non-hydrogen) atoms. The molecule has 1 aromatic heterocycles. The Balaban J connectivity index is 2.00. The van der Waals surface area contributed by atoms with Gasteiger partial charge in [-0.25, -0.2) is 4.98 Å². The van der Waals surface area contributed by atoms with Crippen LogP contribution in [-0.2, 0) is 4.79 Å². The third kappa shape index (κ3) is 4.44. The Morgan fingerprint density at radius 1 is 1.11 bits per heavy atom. The first-order valence-corrected chi connectivity index (χ1v) is 10.5. The third-order valence-corrected chi connectivity index (χ3v) is 5.75. The van der Waals surface area contributed by atoms with Gasteiger partial charge in [0.25, 0.3) is 5.56 Å². The van der Waals surface area contributed by atoms with E-state index in [2.05, 4.69) is 5.32 Å². The number of nitrogens with zero attached hydrogens (tertiary/aromatic N) is 2. The van der Waals surface area contributed by atoms with Crippen LogP contribution in [0.2, 0.25) is 0 Å². The van der Waals surface area contributed by atoms with Crippen molar-refractivity contribution in [1.82, 2.24) is 14.9 Å². The van der Waals surface area contributed by atoms with Crippen molar-refractivity contribution in [2.45, 2.75) is 44.4 Å². The number of benzene rings is 2. The maximum atomic E-state index is 13.2. The van der Waals surface area contributed by atoms with E-state index in [0.29, 0.717) is 16.1 Å². The summed E-state index contributed by atoms with van der Waals surface area (Å²) < 4.78 is 1.69. The van der Waals surface area contributed by atoms with Crippen LogP contribution in [0, 0.1) is 0 Å². The number of rotatable bonds is 7. The zero-order valence-electron chi connectivity index (χ0n) is 16.4. The number of para-hydroxylation sites is 1. The second-order valence-corrected chi connectivity index (χ2v) is 7.78. The number of amides is 1. The number of carbonyl (C=O) groups excluding carboxylic acids is 1. The second kappa shape index (κ2) is 9.06. The molecule has 0 unspecified atom stereocenters. The molecule has 0 aliphatic rings. The number of thioether (sulfide) groups is 1. The molecule has 2 atom stereocenters. The highest BCUT2D eigenvalue weighted by atomic mass is 32.2. The molecule has 146 valence electrons. The van der Waals surface area contributed by atoms with Crippen LogP contribution >= 0.6 is 11.8 Å². The quantitative estimate of drug-likeness (QED) is 0.485. The monoisotopic (exact) mass is 395 g/mol. The van der Waals surface area contributed by atoms with Crippen molar-refractivity contribution in [3.63, 3.8) is 0 Å².